The topological polar surface area (TPSA) is 33.5 Å². The normalized spacial score (nSPS) is 15.9. The molecule has 74 valence electrons. The summed E-state index contributed by atoms with van der Waals surface area (Å²) in [5, 5.41) is 0.171. The second-order valence-corrected chi connectivity index (χ2v) is 3.46. The predicted octanol–water partition coefficient (Wildman–Crippen LogP) is 2.34. The Hall–Kier alpha value is -1.22. The van der Waals surface area contributed by atoms with Crippen molar-refractivity contribution in [2.45, 2.75) is 6.42 Å². The molecule has 0 radical (unpaired) electrons. The zero-order chi connectivity index (χ0) is 9.97. The van der Waals surface area contributed by atoms with Crippen molar-refractivity contribution < 1.29 is 9.21 Å². The molecule has 0 unspecified atom stereocenters. The number of furan rings is 1. The molecule has 0 aromatic carbocycles. The molecule has 3 nitrogen and oxygen atoms in total. The van der Waals surface area contributed by atoms with Crippen LogP contribution in [0.15, 0.2) is 28.9 Å². The van der Waals surface area contributed by atoms with Crippen molar-refractivity contribution in [1.82, 2.24) is 4.90 Å². The Kier molecular flexibility index (Phi) is 2.59. The molecule has 0 saturated carbocycles. The number of carbonyl (C=O) groups excluding carboxylic acids is 1. The van der Waals surface area contributed by atoms with Gasteiger partial charge >= 0.3 is 0 Å². The van der Waals surface area contributed by atoms with Crippen molar-refractivity contribution in [3.63, 3.8) is 0 Å². The van der Waals surface area contributed by atoms with Crippen LogP contribution >= 0.6 is 11.6 Å². The van der Waals surface area contributed by atoms with E-state index in [1.807, 2.05) is 6.08 Å². The van der Waals surface area contributed by atoms with Crippen LogP contribution in [-0.2, 0) is 0 Å². The van der Waals surface area contributed by atoms with Gasteiger partial charge < -0.3 is 9.32 Å². The van der Waals surface area contributed by atoms with Crippen LogP contribution in [0.4, 0.5) is 0 Å². The summed E-state index contributed by atoms with van der Waals surface area (Å²) in [6, 6.07) is 1.60. The van der Waals surface area contributed by atoms with Crippen LogP contribution in [-0.4, -0.2) is 23.9 Å². The first-order chi connectivity index (χ1) is 6.79. The second-order valence-electron chi connectivity index (χ2n) is 3.12. The molecule has 0 aliphatic carbocycles. The molecule has 2 rings (SSSR count). The van der Waals surface area contributed by atoms with Crippen molar-refractivity contribution >= 4 is 17.5 Å². The largest absolute Gasteiger partial charge is 0.452 e. The van der Waals surface area contributed by atoms with Gasteiger partial charge in [0.05, 0.1) is 11.8 Å². The van der Waals surface area contributed by atoms with Crippen molar-refractivity contribution in [2.75, 3.05) is 13.1 Å². The summed E-state index contributed by atoms with van der Waals surface area (Å²) in [4.78, 5) is 13.6. The van der Waals surface area contributed by atoms with Crippen LogP contribution < -0.4 is 0 Å². The van der Waals surface area contributed by atoms with Gasteiger partial charge in [-0.25, -0.2) is 0 Å². The van der Waals surface area contributed by atoms with Crippen LogP contribution in [0.5, 0.6) is 0 Å². The number of nitrogens with zero attached hydrogens (tertiary/aromatic N) is 1. The molecule has 14 heavy (non-hydrogen) atoms. The monoisotopic (exact) mass is 211 g/mol. The Morgan fingerprint density at radius 3 is 2.93 bits per heavy atom. The molecule has 1 aliphatic rings. The summed E-state index contributed by atoms with van der Waals surface area (Å²) < 4.78 is 4.88. The van der Waals surface area contributed by atoms with Gasteiger partial charge in [-0.2, -0.15) is 0 Å². The molecule has 0 atom stereocenters. The van der Waals surface area contributed by atoms with Gasteiger partial charge in [0, 0.05) is 13.1 Å². The van der Waals surface area contributed by atoms with E-state index >= 15 is 0 Å². The van der Waals surface area contributed by atoms with Crippen molar-refractivity contribution in [3.05, 3.63) is 35.3 Å². The van der Waals surface area contributed by atoms with E-state index in [4.69, 9.17) is 16.0 Å². The summed E-state index contributed by atoms with van der Waals surface area (Å²) in [7, 11) is 0. The van der Waals surface area contributed by atoms with Gasteiger partial charge in [0.1, 0.15) is 0 Å². The van der Waals surface area contributed by atoms with Crippen LogP contribution in [0.1, 0.15) is 16.8 Å². The third-order valence-corrected chi connectivity index (χ3v) is 2.49. The minimum absolute atomic E-state index is 0.0619. The van der Waals surface area contributed by atoms with E-state index in [1.165, 1.54) is 6.26 Å². The minimum atomic E-state index is -0.0619. The van der Waals surface area contributed by atoms with Crippen LogP contribution in [0.25, 0.3) is 0 Å². The van der Waals surface area contributed by atoms with Gasteiger partial charge in [0.2, 0.25) is 5.22 Å². The highest BCUT2D eigenvalue weighted by atomic mass is 35.5. The number of hydrogen-bond acceptors (Lipinski definition) is 2. The number of halogens is 1. The lowest BCUT2D eigenvalue weighted by Crippen LogP contribution is -2.33. The summed E-state index contributed by atoms with van der Waals surface area (Å²) in [5.74, 6) is -0.0619. The standard InChI is InChI=1S/C10H10ClNO2/c11-9-8(4-7-14-9)10(13)12-5-2-1-3-6-12/h1-2,4,7H,3,5-6H2. The van der Waals surface area contributed by atoms with Crippen molar-refractivity contribution in [3.8, 4) is 0 Å². The zero-order valence-corrected chi connectivity index (χ0v) is 8.33. The molecule has 1 aromatic rings. The van der Waals surface area contributed by atoms with Gasteiger partial charge in [-0.3, -0.25) is 4.79 Å². The maximum atomic E-state index is 11.8. The fourth-order valence-electron chi connectivity index (χ4n) is 1.44. The quantitative estimate of drug-likeness (QED) is 0.668. The predicted molar refractivity (Wildman–Crippen MR) is 53.4 cm³/mol. The Balaban J connectivity index is 2.16. The average molecular weight is 212 g/mol. The molecular weight excluding hydrogens is 202 g/mol. The van der Waals surface area contributed by atoms with E-state index in [1.54, 1.807) is 11.0 Å². The van der Waals surface area contributed by atoms with Crippen LogP contribution in [0.3, 0.4) is 0 Å². The van der Waals surface area contributed by atoms with Crippen molar-refractivity contribution in [1.29, 1.82) is 0 Å². The highest BCUT2D eigenvalue weighted by Crippen LogP contribution is 2.19. The first kappa shape index (κ1) is 9.34. The maximum Gasteiger partial charge on any atom is 0.259 e. The van der Waals surface area contributed by atoms with Gasteiger partial charge in [-0.15, -0.1) is 0 Å². The molecule has 0 saturated heterocycles. The third kappa shape index (κ3) is 1.68. The smallest absolute Gasteiger partial charge is 0.259 e. The minimum Gasteiger partial charge on any atom is -0.452 e. The Morgan fingerprint density at radius 2 is 2.36 bits per heavy atom. The van der Waals surface area contributed by atoms with E-state index in [2.05, 4.69) is 6.08 Å². The van der Waals surface area contributed by atoms with Crippen LogP contribution in [0, 0.1) is 0 Å². The SMILES string of the molecule is O=C(c1ccoc1Cl)N1CC=CCC1. The van der Waals surface area contributed by atoms with Gasteiger partial charge in [0.15, 0.2) is 0 Å². The van der Waals surface area contributed by atoms with E-state index < -0.39 is 0 Å². The average Bonchev–Trinajstić information content (AvgIpc) is 2.65. The van der Waals surface area contributed by atoms with Crippen LogP contribution in [0.2, 0.25) is 5.22 Å². The third-order valence-electron chi connectivity index (χ3n) is 2.19. The van der Waals surface area contributed by atoms with Gasteiger partial charge in [-0.1, -0.05) is 12.2 Å². The molecule has 0 spiro atoms. The highest BCUT2D eigenvalue weighted by Gasteiger charge is 2.19. The number of hydrogen-bond donors (Lipinski definition) is 0. The fraction of sp³-hybridized carbons (Fsp3) is 0.300. The Morgan fingerprint density at radius 1 is 1.50 bits per heavy atom. The Bertz CT molecular complexity index is 370. The van der Waals surface area contributed by atoms with E-state index in [9.17, 15) is 4.79 Å². The van der Waals surface area contributed by atoms with Gasteiger partial charge in [-0.05, 0) is 24.1 Å². The zero-order valence-electron chi connectivity index (χ0n) is 7.57. The maximum absolute atomic E-state index is 11.8. The lowest BCUT2D eigenvalue weighted by molar-refractivity contribution is 0.0770. The van der Waals surface area contributed by atoms with E-state index in [0.717, 1.165) is 13.0 Å². The summed E-state index contributed by atoms with van der Waals surface area (Å²) in [5.41, 5.74) is 0.446. The molecular formula is C10H10ClNO2. The summed E-state index contributed by atoms with van der Waals surface area (Å²) >= 11 is 5.72. The lowest BCUT2D eigenvalue weighted by atomic mass is 10.2. The van der Waals surface area contributed by atoms with E-state index in [-0.39, 0.29) is 11.1 Å². The molecule has 4 heteroatoms. The molecule has 1 aliphatic heterocycles. The molecule has 0 N–H and O–H groups in total. The van der Waals surface area contributed by atoms with E-state index in [0.29, 0.717) is 12.1 Å². The number of rotatable bonds is 1. The number of amides is 1. The Labute approximate surface area is 86.9 Å². The lowest BCUT2D eigenvalue weighted by Gasteiger charge is -2.22. The number of carbonyl (C=O) groups is 1. The molecule has 0 fully saturated rings. The molecule has 1 amide bonds. The first-order valence-corrected chi connectivity index (χ1v) is 4.84. The summed E-state index contributed by atoms with van der Waals surface area (Å²) in [6.45, 7) is 1.40. The summed E-state index contributed by atoms with van der Waals surface area (Å²) in [6.07, 6.45) is 6.38. The first-order valence-electron chi connectivity index (χ1n) is 4.46. The van der Waals surface area contributed by atoms with Gasteiger partial charge in [0.25, 0.3) is 5.91 Å². The molecule has 1 aromatic heterocycles. The second kappa shape index (κ2) is 3.88. The molecule has 0 bridgehead atoms. The fourth-order valence-corrected chi connectivity index (χ4v) is 1.64. The molecule has 2 heterocycles. The highest BCUT2D eigenvalue weighted by molar-refractivity contribution is 6.32. The van der Waals surface area contributed by atoms with Crippen molar-refractivity contribution in [2.24, 2.45) is 0 Å².